The lowest BCUT2D eigenvalue weighted by atomic mass is 10.1. The van der Waals surface area contributed by atoms with E-state index in [2.05, 4.69) is 5.32 Å². The van der Waals surface area contributed by atoms with Crippen LogP contribution in [0.4, 0.5) is 5.69 Å². The van der Waals surface area contributed by atoms with E-state index in [1.54, 1.807) is 37.3 Å². The number of aryl methyl sites for hydroxylation is 1. The van der Waals surface area contributed by atoms with Gasteiger partial charge in [-0.25, -0.2) is 8.42 Å². The molecule has 1 N–H and O–H groups in total. The molecule has 1 aliphatic rings. The molecule has 0 heterocycles. The molecular formula is C30H31Cl4N3O4S. The van der Waals surface area contributed by atoms with E-state index in [0.29, 0.717) is 15.6 Å². The third-order valence-corrected chi connectivity index (χ3v) is 10.4. The van der Waals surface area contributed by atoms with E-state index in [1.807, 2.05) is 6.92 Å². The van der Waals surface area contributed by atoms with Crippen molar-refractivity contribution in [2.24, 2.45) is 0 Å². The maximum atomic E-state index is 14.1. The Morgan fingerprint density at radius 3 is 2.17 bits per heavy atom. The fraction of sp³-hybridized carbons (Fsp3) is 0.333. The molecule has 1 fully saturated rings. The van der Waals surface area contributed by atoms with Crippen molar-refractivity contribution in [3.8, 4) is 0 Å². The van der Waals surface area contributed by atoms with E-state index in [1.165, 1.54) is 35.2 Å². The molecule has 1 atom stereocenters. The first-order valence-corrected chi connectivity index (χ1v) is 16.4. The van der Waals surface area contributed by atoms with Gasteiger partial charge in [-0.1, -0.05) is 83.0 Å². The second-order valence-electron chi connectivity index (χ2n) is 10.3. The summed E-state index contributed by atoms with van der Waals surface area (Å²) in [7, 11) is -4.30. The summed E-state index contributed by atoms with van der Waals surface area (Å²) in [4.78, 5) is 28.8. The van der Waals surface area contributed by atoms with E-state index in [0.717, 1.165) is 35.6 Å². The quantitative estimate of drug-likeness (QED) is 0.246. The van der Waals surface area contributed by atoms with Gasteiger partial charge in [-0.2, -0.15) is 0 Å². The number of hydrogen-bond donors (Lipinski definition) is 1. The highest BCUT2D eigenvalue weighted by Crippen LogP contribution is 2.34. The van der Waals surface area contributed by atoms with Crippen LogP contribution in [0.15, 0.2) is 65.6 Å². The number of sulfonamides is 1. The Morgan fingerprint density at radius 2 is 1.55 bits per heavy atom. The van der Waals surface area contributed by atoms with Crippen LogP contribution < -0.4 is 9.62 Å². The van der Waals surface area contributed by atoms with E-state index in [9.17, 15) is 18.0 Å². The Balaban J connectivity index is 1.75. The molecule has 2 amide bonds. The van der Waals surface area contributed by atoms with Crippen LogP contribution in [0.2, 0.25) is 20.1 Å². The predicted octanol–water partition coefficient (Wildman–Crippen LogP) is 7.28. The van der Waals surface area contributed by atoms with Gasteiger partial charge >= 0.3 is 0 Å². The summed E-state index contributed by atoms with van der Waals surface area (Å²) >= 11 is 25.6. The fourth-order valence-electron chi connectivity index (χ4n) is 4.86. The number of nitrogens with one attached hydrogen (secondary N) is 1. The van der Waals surface area contributed by atoms with Crippen LogP contribution in [0, 0.1) is 6.92 Å². The molecular weight excluding hydrogens is 640 g/mol. The van der Waals surface area contributed by atoms with Crippen LogP contribution in [-0.2, 0) is 26.2 Å². The minimum atomic E-state index is -4.30. The molecule has 0 spiro atoms. The van der Waals surface area contributed by atoms with Gasteiger partial charge in [0.2, 0.25) is 11.8 Å². The molecule has 1 aliphatic carbocycles. The molecule has 3 aromatic carbocycles. The Hall–Kier alpha value is -2.49. The number of halogens is 4. The van der Waals surface area contributed by atoms with Gasteiger partial charge in [-0.05, 0) is 69.2 Å². The molecule has 12 heteroatoms. The zero-order chi connectivity index (χ0) is 30.6. The first-order valence-electron chi connectivity index (χ1n) is 13.5. The molecule has 7 nitrogen and oxygen atoms in total. The standard InChI is InChI=1S/C30H31Cl4N3O4S/c1-19-10-13-23(14-11-19)42(40,41)37(28-16-21(31)12-15-27(28)34)18-29(38)36(17-24-25(32)8-5-9-26(24)33)20(2)30(39)35-22-6-3-4-7-22/h5,8-16,20,22H,3-4,6-7,17-18H2,1-2H3,(H,35,39)/t20-/m0/s1. The van der Waals surface area contributed by atoms with Gasteiger partial charge < -0.3 is 10.2 Å². The maximum Gasteiger partial charge on any atom is 0.264 e. The van der Waals surface area contributed by atoms with Crippen LogP contribution >= 0.6 is 46.4 Å². The Kier molecular flexibility index (Phi) is 10.7. The molecule has 0 bridgehead atoms. The first-order chi connectivity index (χ1) is 19.9. The SMILES string of the molecule is Cc1ccc(S(=O)(=O)N(CC(=O)N(Cc2c(Cl)cccc2Cl)[C@@H](C)C(=O)NC2CCCC2)c2cc(Cl)ccc2Cl)cc1. The van der Waals surface area contributed by atoms with Crippen molar-refractivity contribution in [3.63, 3.8) is 0 Å². The average molecular weight is 671 g/mol. The highest BCUT2D eigenvalue weighted by Gasteiger charge is 2.34. The highest BCUT2D eigenvalue weighted by molar-refractivity contribution is 7.92. The molecule has 1 saturated carbocycles. The predicted molar refractivity (Wildman–Crippen MR) is 169 cm³/mol. The normalized spacial score (nSPS) is 14.4. The summed E-state index contributed by atoms with van der Waals surface area (Å²) in [6.45, 7) is 2.64. The number of benzene rings is 3. The number of rotatable bonds is 10. The second kappa shape index (κ2) is 13.9. The third-order valence-electron chi connectivity index (χ3n) is 7.32. The van der Waals surface area contributed by atoms with E-state index >= 15 is 0 Å². The van der Waals surface area contributed by atoms with Gasteiger partial charge in [-0.15, -0.1) is 0 Å². The molecule has 4 rings (SSSR count). The Morgan fingerprint density at radius 1 is 0.929 bits per heavy atom. The minimum absolute atomic E-state index is 0.0180. The Bertz CT molecular complexity index is 1540. The summed E-state index contributed by atoms with van der Waals surface area (Å²) in [5.74, 6) is -1.01. The minimum Gasteiger partial charge on any atom is -0.352 e. The van der Waals surface area contributed by atoms with Crippen molar-refractivity contribution in [1.29, 1.82) is 0 Å². The van der Waals surface area contributed by atoms with Gasteiger partial charge in [-0.3, -0.25) is 13.9 Å². The highest BCUT2D eigenvalue weighted by atomic mass is 35.5. The topological polar surface area (TPSA) is 86.8 Å². The van der Waals surface area contributed by atoms with Crippen LogP contribution in [0.1, 0.15) is 43.7 Å². The van der Waals surface area contributed by atoms with Gasteiger partial charge in [0, 0.05) is 33.2 Å². The first kappa shape index (κ1) is 32.4. The van der Waals surface area contributed by atoms with Crippen LogP contribution in [0.5, 0.6) is 0 Å². The molecule has 3 aromatic rings. The molecule has 0 unspecified atom stereocenters. The number of anilines is 1. The van der Waals surface area contributed by atoms with Gasteiger partial charge in [0.15, 0.2) is 0 Å². The summed E-state index contributed by atoms with van der Waals surface area (Å²) in [5, 5.41) is 3.96. The maximum absolute atomic E-state index is 14.1. The monoisotopic (exact) mass is 669 g/mol. The molecule has 0 aromatic heterocycles. The van der Waals surface area contributed by atoms with Gasteiger partial charge in [0.1, 0.15) is 12.6 Å². The van der Waals surface area contributed by atoms with Crippen LogP contribution in [0.3, 0.4) is 0 Å². The van der Waals surface area contributed by atoms with Crippen LogP contribution in [-0.4, -0.2) is 43.8 Å². The lowest BCUT2D eigenvalue weighted by molar-refractivity contribution is -0.139. The van der Waals surface area contributed by atoms with Gasteiger partial charge in [0.25, 0.3) is 10.0 Å². The summed E-state index contributed by atoms with van der Waals surface area (Å²) in [5.41, 5.74) is 1.32. The molecule has 0 radical (unpaired) electrons. The summed E-state index contributed by atoms with van der Waals surface area (Å²) in [6, 6.07) is 14.6. The molecule has 42 heavy (non-hydrogen) atoms. The van der Waals surface area contributed by atoms with Crippen molar-refractivity contribution >= 4 is 73.9 Å². The van der Waals surface area contributed by atoms with Crippen LogP contribution in [0.25, 0.3) is 0 Å². The smallest absolute Gasteiger partial charge is 0.264 e. The zero-order valence-electron chi connectivity index (χ0n) is 23.1. The molecule has 0 aliphatic heterocycles. The van der Waals surface area contributed by atoms with E-state index in [4.69, 9.17) is 46.4 Å². The fourth-order valence-corrected chi connectivity index (χ4v) is 7.23. The van der Waals surface area contributed by atoms with Gasteiger partial charge in [0.05, 0.1) is 15.6 Å². The van der Waals surface area contributed by atoms with E-state index < -0.39 is 28.5 Å². The number of nitrogens with zero attached hydrogens (tertiary/aromatic N) is 2. The number of carbonyl (C=O) groups excluding carboxylic acids is 2. The van der Waals surface area contributed by atoms with Crippen molar-refractivity contribution in [2.75, 3.05) is 10.8 Å². The number of carbonyl (C=O) groups is 2. The number of hydrogen-bond acceptors (Lipinski definition) is 4. The van der Waals surface area contributed by atoms with Crippen molar-refractivity contribution in [3.05, 3.63) is 91.9 Å². The summed E-state index contributed by atoms with van der Waals surface area (Å²) < 4.78 is 28.9. The average Bonchev–Trinajstić information content (AvgIpc) is 3.46. The third kappa shape index (κ3) is 7.53. The second-order valence-corrected chi connectivity index (χ2v) is 13.8. The number of amides is 2. The van der Waals surface area contributed by atoms with Crippen molar-refractivity contribution in [2.45, 2.75) is 63.1 Å². The van der Waals surface area contributed by atoms with Crippen molar-refractivity contribution in [1.82, 2.24) is 10.2 Å². The Labute approximate surface area is 266 Å². The lowest BCUT2D eigenvalue weighted by Crippen LogP contribution is -2.52. The van der Waals surface area contributed by atoms with Crippen molar-refractivity contribution < 1.29 is 18.0 Å². The van der Waals surface area contributed by atoms with E-state index in [-0.39, 0.29) is 39.1 Å². The molecule has 224 valence electrons. The summed E-state index contributed by atoms with van der Waals surface area (Å²) in [6.07, 6.45) is 3.75. The molecule has 0 saturated heterocycles. The lowest BCUT2D eigenvalue weighted by Gasteiger charge is -2.33. The largest absolute Gasteiger partial charge is 0.352 e. The zero-order valence-corrected chi connectivity index (χ0v) is 27.0.